The molecule has 3 aromatic rings. The highest BCUT2D eigenvalue weighted by Crippen LogP contribution is 2.30. The van der Waals surface area contributed by atoms with Crippen molar-refractivity contribution in [2.75, 3.05) is 20.8 Å². The minimum absolute atomic E-state index is 0.199. The molecule has 6 atom stereocenters. The molecule has 1 aliphatic heterocycles. The minimum atomic E-state index is -1.65. The van der Waals surface area contributed by atoms with Crippen molar-refractivity contribution in [2.24, 2.45) is 0 Å². The van der Waals surface area contributed by atoms with Crippen LogP contribution >= 0.6 is 0 Å². The van der Waals surface area contributed by atoms with Gasteiger partial charge in [-0.1, -0.05) is 24.6 Å². The second-order valence-corrected chi connectivity index (χ2v) is 11.8. The Bertz CT molecular complexity index is 1560. The van der Waals surface area contributed by atoms with Crippen molar-refractivity contribution in [3.8, 4) is 34.5 Å². The monoisotopic (exact) mass is 684 g/mol. The average Bonchev–Trinajstić information content (AvgIpc) is 3.10. The highest BCUT2D eigenvalue weighted by Gasteiger charge is 2.45. The van der Waals surface area contributed by atoms with E-state index in [0.29, 0.717) is 55.6 Å². The Morgan fingerprint density at radius 1 is 0.755 bits per heavy atom. The van der Waals surface area contributed by atoms with Crippen molar-refractivity contribution >= 4 is 12.0 Å². The summed E-state index contributed by atoms with van der Waals surface area (Å²) < 4.78 is 27.8. The number of methoxy groups -OCH3 is 2. The number of hydrogen-bond donors (Lipinski definition) is 7. The fourth-order valence-corrected chi connectivity index (χ4v) is 5.45. The number of carbonyl (C=O) groups excluding carboxylic acids is 1. The summed E-state index contributed by atoms with van der Waals surface area (Å²) in [7, 11) is 3.01. The Kier molecular flexibility index (Phi) is 13.5. The lowest BCUT2D eigenvalue weighted by Crippen LogP contribution is -2.60. The first-order valence-electron chi connectivity index (χ1n) is 15.9. The third-order valence-corrected chi connectivity index (χ3v) is 8.28. The van der Waals surface area contributed by atoms with Gasteiger partial charge in [-0.15, -0.1) is 0 Å². The van der Waals surface area contributed by atoms with E-state index in [-0.39, 0.29) is 23.0 Å². The van der Waals surface area contributed by atoms with Gasteiger partial charge in [0.15, 0.2) is 40.8 Å². The molecule has 0 spiro atoms. The Hall–Kier alpha value is -4.53. The SMILES string of the molecule is COc1ccc(C=CC(=O)OCC2OC(OC(CCCCc3ccc(O)c(O)c3)CCc3ccc(O)c(O)c3)C(O)C(O)C2O)cc1OC. The van der Waals surface area contributed by atoms with Crippen molar-refractivity contribution < 1.29 is 64.2 Å². The molecule has 0 aromatic heterocycles. The van der Waals surface area contributed by atoms with Gasteiger partial charge in [0.2, 0.25) is 0 Å². The fraction of sp³-hybridized carbons (Fsp3) is 0.417. The molecule has 266 valence electrons. The van der Waals surface area contributed by atoms with Gasteiger partial charge in [0.1, 0.15) is 31.0 Å². The van der Waals surface area contributed by atoms with Crippen LogP contribution in [0.2, 0.25) is 0 Å². The molecule has 0 radical (unpaired) electrons. The van der Waals surface area contributed by atoms with Gasteiger partial charge in [0, 0.05) is 6.08 Å². The molecule has 49 heavy (non-hydrogen) atoms. The second kappa shape index (κ2) is 17.7. The molecular weight excluding hydrogens is 640 g/mol. The Labute approximate surface area is 284 Å². The molecule has 1 fully saturated rings. The number of esters is 1. The van der Waals surface area contributed by atoms with Gasteiger partial charge >= 0.3 is 5.97 Å². The summed E-state index contributed by atoms with van der Waals surface area (Å²) in [5.74, 6) is -0.630. The third kappa shape index (κ3) is 10.5. The van der Waals surface area contributed by atoms with Gasteiger partial charge in [-0.05, 0) is 91.3 Å². The Balaban J connectivity index is 1.37. The van der Waals surface area contributed by atoms with Crippen LogP contribution in [0.25, 0.3) is 6.08 Å². The van der Waals surface area contributed by atoms with Gasteiger partial charge < -0.3 is 59.4 Å². The molecule has 6 unspecified atom stereocenters. The van der Waals surface area contributed by atoms with Crippen LogP contribution in [0.1, 0.15) is 42.4 Å². The largest absolute Gasteiger partial charge is 0.504 e. The van der Waals surface area contributed by atoms with Crippen molar-refractivity contribution in [2.45, 2.75) is 75.3 Å². The zero-order valence-electron chi connectivity index (χ0n) is 27.3. The number of aryl methyl sites for hydroxylation is 2. The average molecular weight is 685 g/mol. The fourth-order valence-electron chi connectivity index (χ4n) is 5.45. The van der Waals surface area contributed by atoms with Crippen LogP contribution in [0.3, 0.4) is 0 Å². The Morgan fingerprint density at radius 2 is 1.41 bits per heavy atom. The molecule has 0 amide bonds. The van der Waals surface area contributed by atoms with Gasteiger partial charge in [-0.2, -0.15) is 0 Å². The Morgan fingerprint density at radius 3 is 2.04 bits per heavy atom. The molecule has 0 saturated carbocycles. The predicted molar refractivity (Wildman–Crippen MR) is 177 cm³/mol. The molecule has 1 heterocycles. The van der Waals surface area contributed by atoms with Gasteiger partial charge in [-0.25, -0.2) is 4.79 Å². The summed E-state index contributed by atoms with van der Waals surface area (Å²) >= 11 is 0. The number of carbonyl (C=O) groups is 1. The maximum absolute atomic E-state index is 12.5. The van der Waals surface area contributed by atoms with Crippen molar-refractivity contribution in [1.29, 1.82) is 0 Å². The zero-order valence-corrected chi connectivity index (χ0v) is 27.3. The number of unbranched alkanes of at least 4 members (excludes halogenated alkanes) is 1. The van der Waals surface area contributed by atoms with Crippen LogP contribution in [0, 0.1) is 0 Å². The maximum atomic E-state index is 12.5. The summed E-state index contributed by atoms with van der Waals surface area (Å²) in [6.45, 7) is -0.434. The number of aliphatic hydroxyl groups excluding tert-OH is 3. The number of rotatable bonds is 16. The van der Waals surface area contributed by atoms with E-state index in [0.717, 1.165) is 11.1 Å². The highest BCUT2D eigenvalue weighted by molar-refractivity contribution is 5.87. The van der Waals surface area contributed by atoms with Gasteiger partial charge in [-0.3, -0.25) is 0 Å². The third-order valence-electron chi connectivity index (χ3n) is 8.28. The van der Waals surface area contributed by atoms with Crippen LogP contribution in [0.15, 0.2) is 60.7 Å². The number of ether oxygens (including phenoxy) is 5. The van der Waals surface area contributed by atoms with E-state index in [1.165, 1.54) is 50.6 Å². The van der Waals surface area contributed by atoms with E-state index in [2.05, 4.69) is 0 Å². The van der Waals surface area contributed by atoms with Crippen LogP contribution in [-0.4, -0.2) is 99.4 Å². The first-order chi connectivity index (χ1) is 23.5. The number of aromatic hydroxyl groups is 4. The molecule has 0 bridgehead atoms. The smallest absolute Gasteiger partial charge is 0.330 e. The molecule has 1 aliphatic rings. The topological polar surface area (TPSA) is 205 Å². The zero-order chi connectivity index (χ0) is 35.5. The molecule has 4 rings (SSSR count). The summed E-state index contributed by atoms with van der Waals surface area (Å²) in [5, 5.41) is 70.9. The van der Waals surface area contributed by atoms with E-state index < -0.39 is 49.4 Å². The lowest BCUT2D eigenvalue weighted by atomic mass is 9.98. The van der Waals surface area contributed by atoms with E-state index in [1.807, 2.05) is 0 Å². The van der Waals surface area contributed by atoms with E-state index in [9.17, 15) is 40.5 Å². The lowest BCUT2D eigenvalue weighted by molar-refractivity contribution is -0.312. The van der Waals surface area contributed by atoms with E-state index in [4.69, 9.17) is 23.7 Å². The molecule has 7 N–H and O–H groups in total. The molecule has 3 aromatic carbocycles. The van der Waals surface area contributed by atoms with Crippen LogP contribution in [-0.2, 0) is 31.8 Å². The first kappa shape index (κ1) is 37.3. The lowest BCUT2D eigenvalue weighted by Gasteiger charge is -2.41. The van der Waals surface area contributed by atoms with Gasteiger partial charge in [0.25, 0.3) is 0 Å². The number of phenolic OH excluding ortho intramolecular Hbond substituents is 4. The number of hydrogen-bond acceptors (Lipinski definition) is 13. The molecule has 13 nitrogen and oxygen atoms in total. The van der Waals surface area contributed by atoms with E-state index in [1.54, 1.807) is 30.3 Å². The minimum Gasteiger partial charge on any atom is -0.504 e. The van der Waals surface area contributed by atoms with Crippen LogP contribution in [0.4, 0.5) is 0 Å². The molecule has 0 aliphatic carbocycles. The predicted octanol–water partition coefficient (Wildman–Crippen LogP) is 3.32. The highest BCUT2D eigenvalue weighted by atomic mass is 16.7. The van der Waals surface area contributed by atoms with Crippen LogP contribution in [0.5, 0.6) is 34.5 Å². The van der Waals surface area contributed by atoms with E-state index >= 15 is 0 Å². The molecule has 1 saturated heterocycles. The van der Waals surface area contributed by atoms with Crippen molar-refractivity contribution in [3.63, 3.8) is 0 Å². The van der Waals surface area contributed by atoms with Crippen molar-refractivity contribution in [3.05, 3.63) is 77.4 Å². The normalized spacial score (nSPS) is 21.4. The number of aliphatic hydroxyl groups is 3. The summed E-state index contributed by atoms with van der Waals surface area (Å²) in [6.07, 6.45) is -1.89. The first-order valence-corrected chi connectivity index (χ1v) is 15.9. The van der Waals surface area contributed by atoms with Gasteiger partial charge in [0.05, 0.1) is 20.3 Å². The second-order valence-electron chi connectivity index (χ2n) is 11.8. The molecule has 13 heteroatoms. The quantitative estimate of drug-likeness (QED) is 0.0501. The number of phenols is 4. The van der Waals surface area contributed by atoms with Crippen molar-refractivity contribution in [1.82, 2.24) is 0 Å². The summed E-state index contributed by atoms with van der Waals surface area (Å²) in [5.41, 5.74) is 2.21. The number of benzene rings is 3. The summed E-state index contributed by atoms with van der Waals surface area (Å²) in [4.78, 5) is 12.5. The standard InChI is InChI=1S/C36H44O13/c1-45-29-15-10-23(19-30(29)46-2)11-16-32(41)47-20-31-33(42)34(43)35(44)36(49-31)48-24(12-7-22-9-14-26(38)28(40)18-22)6-4-3-5-21-8-13-25(37)27(39)17-21/h8-11,13-19,24,31,33-40,42-44H,3-7,12,20H2,1-2H3. The maximum Gasteiger partial charge on any atom is 0.330 e. The van der Waals surface area contributed by atoms with Crippen LogP contribution < -0.4 is 9.47 Å². The summed E-state index contributed by atoms with van der Waals surface area (Å²) in [6, 6.07) is 14.2. The molecular formula is C36H44O13.